The van der Waals surface area contributed by atoms with E-state index in [1.807, 2.05) is 54.3 Å². The topological polar surface area (TPSA) is 44.4 Å². The van der Waals surface area contributed by atoms with Gasteiger partial charge in [0.2, 0.25) is 5.91 Å². The van der Waals surface area contributed by atoms with Gasteiger partial charge in [0.15, 0.2) is 5.11 Å². The summed E-state index contributed by atoms with van der Waals surface area (Å²) in [6, 6.07) is 13.7. The number of carbonyl (C=O) groups excluding carboxylic acids is 1. The highest BCUT2D eigenvalue weighted by molar-refractivity contribution is 7.80. The zero-order valence-electron chi connectivity index (χ0n) is 14.0. The third-order valence-corrected chi connectivity index (χ3v) is 4.95. The molecule has 0 spiro atoms. The number of anilines is 2. The molecule has 1 amide bonds. The standard InChI is InChI=1S/C19H20ClN3OS/c1-13-16(20)4-2-5-17(13)22-19(25)21-12-14-7-9-15(10-8-14)23-11-3-6-18(23)24/h2,4-5,7-10H,3,6,11-12H2,1H3,(H2,21,22,25). The van der Waals surface area contributed by atoms with E-state index in [1.165, 1.54) is 0 Å². The first-order valence-electron chi connectivity index (χ1n) is 8.24. The first-order valence-corrected chi connectivity index (χ1v) is 9.02. The van der Waals surface area contributed by atoms with E-state index in [1.54, 1.807) is 0 Å². The minimum Gasteiger partial charge on any atom is -0.358 e. The number of carbonyl (C=O) groups is 1. The van der Waals surface area contributed by atoms with Crippen LogP contribution in [0.15, 0.2) is 42.5 Å². The van der Waals surface area contributed by atoms with Gasteiger partial charge in [-0.2, -0.15) is 0 Å². The summed E-state index contributed by atoms with van der Waals surface area (Å²) >= 11 is 11.5. The quantitative estimate of drug-likeness (QED) is 0.786. The molecule has 0 aliphatic carbocycles. The van der Waals surface area contributed by atoms with Crippen LogP contribution in [0.1, 0.15) is 24.0 Å². The minimum atomic E-state index is 0.202. The second kappa shape index (κ2) is 7.85. The number of hydrogen-bond acceptors (Lipinski definition) is 2. The molecule has 0 aromatic heterocycles. The van der Waals surface area contributed by atoms with Gasteiger partial charge in [-0.25, -0.2) is 0 Å². The lowest BCUT2D eigenvalue weighted by Crippen LogP contribution is -2.28. The van der Waals surface area contributed by atoms with E-state index in [2.05, 4.69) is 10.6 Å². The predicted octanol–water partition coefficient (Wildman–Crippen LogP) is 4.26. The van der Waals surface area contributed by atoms with Crippen LogP contribution < -0.4 is 15.5 Å². The Morgan fingerprint density at radius 3 is 2.68 bits per heavy atom. The minimum absolute atomic E-state index is 0.202. The molecule has 3 rings (SSSR count). The Morgan fingerprint density at radius 2 is 2.00 bits per heavy atom. The molecule has 2 N–H and O–H groups in total. The number of benzene rings is 2. The SMILES string of the molecule is Cc1c(Cl)cccc1NC(=S)NCc1ccc(N2CCCC2=O)cc1. The number of amides is 1. The molecular weight excluding hydrogens is 354 g/mol. The average Bonchev–Trinajstić information content (AvgIpc) is 3.04. The Bertz CT molecular complexity index is 792. The van der Waals surface area contributed by atoms with Crippen LogP contribution in [0.5, 0.6) is 0 Å². The summed E-state index contributed by atoms with van der Waals surface area (Å²) in [6.45, 7) is 3.37. The van der Waals surface area contributed by atoms with Crippen molar-refractivity contribution in [2.75, 3.05) is 16.8 Å². The number of halogens is 1. The van der Waals surface area contributed by atoms with E-state index in [-0.39, 0.29) is 5.91 Å². The molecule has 4 nitrogen and oxygen atoms in total. The molecule has 0 radical (unpaired) electrons. The lowest BCUT2D eigenvalue weighted by Gasteiger charge is -2.16. The van der Waals surface area contributed by atoms with Crippen molar-refractivity contribution in [3.05, 3.63) is 58.6 Å². The fourth-order valence-electron chi connectivity index (χ4n) is 2.81. The molecule has 130 valence electrons. The van der Waals surface area contributed by atoms with Crippen LogP contribution in [0, 0.1) is 6.92 Å². The van der Waals surface area contributed by atoms with Crippen LogP contribution in [0.4, 0.5) is 11.4 Å². The van der Waals surface area contributed by atoms with Gasteiger partial charge in [-0.1, -0.05) is 29.8 Å². The van der Waals surface area contributed by atoms with Crippen molar-refractivity contribution in [1.29, 1.82) is 0 Å². The molecule has 1 heterocycles. The van der Waals surface area contributed by atoms with Crippen molar-refractivity contribution in [2.45, 2.75) is 26.3 Å². The first kappa shape index (κ1) is 17.7. The van der Waals surface area contributed by atoms with Gasteiger partial charge in [0, 0.05) is 35.9 Å². The Morgan fingerprint density at radius 1 is 1.24 bits per heavy atom. The summed E-state index contributed by atoms with van der Waals surface area (Å²) in [7, 11) is 0. The molecule has 1 aliphatic heterocycles. The third-order valence-electron chi connectivity index (χ3n) is 4.29. The maximum Gasteiger partial charge on any atom is 0.227 e. The Balaban J connectivity index is 1.55. The highest BCUT2D eigenvalue weighted by Gasteiger charge is 2.21. The number of thiocarbonyl (C=S) groups is 1. The van der Waals surface area contributed by atoms with E-state index in [9.17, 15) is 4.79 Å². The van der Waals surface area contributed by atoms with Gasteiger partial charge in [-0.3, -0.25) is 4.79 Å². The van der Waals surface area contributed by atoms with Gasteiger partial charge in [-0.05, 0) is 61.0 Å². The first-order chi connectivity index (χ1) is 12.0. The van der Waals surface area contributed by atoms with Crippen molar-refractivity contribution in [1.82, 2.24) is 5.32 Å². The molecule has 0 saturated carbocycles. The van der Waals surface area contributed by atoms with Crippen molar-refractivity contribution in [2.24, 2.45) is 0 Å². The van der Waals surface area contributed by atoms with Crippen molar-refractivity contribution >= 4 is 46.2 Å². The summed E-state index contributed by atoms with van der Waals surface area (Å²) in [5.41, 5.74) is 3.92. The summed E-state index contributed by atoms with van der Waals surface area (Å²) in [5.74, 6) is 0.202. The predicted molar refractivity (Wildman–Crippen MR) is 107 cm³/mol. The molecule has 1 aliphatic rings. The van der Waals surface area contributed by atoms with Gasteiger partial charge in [0.1, 0.15) is 0 Å². The Hall–Kier alpha value is -2.11. The molecule has 0 bridgehead atoms. The molecular formula is C19H20ClN3OS. The lowest BCUT2D eigenvalue weighted by molar-refractivity contribution is -0.117. The van der Waals surface area contributed by atoms with Gasteiger partial charge in [0.25, 0.3) is 0 Å². The van der Waals surface area contributed by atoms with E-state index < -0.39 is 0 Å². The van der Waals surface area contributed by atoms with Crippen LogP contribution in [0.3, 0.4) is 0 Å². The normalized spacial score (nSPS) is 13.8. The zero-order chi connectivity index (χ0) is 17.8. The third kappa shape index (κ3) is 4.30. The van der Waals surface area contributed by atoms with Crippen LogP contribution in [-0.4, -0.2) is 17.6 Å². The molecule has 0 atom stereocenters. The van der Waals surface area contributed by atoms with Crippen molar-refractivity contribution in [3.8, 4) is 0 Å². The van der Waals surface area contributed by atoms with Crippen molar-refractivity contribution < 1.29 is 4.79 Å². The Labute approximate surface area is 158 Å². The lowest BCUT2D eigenvalue weighted by atomic mass is 10.2. The molecule has 6 heteroatoms. The molecule has 2 aromatic rings. The smallest absolute Gasteiger partial charge is 0.227 e. The van der Waals surface area contributed by atoms with Crippen LogP contribution in [0.25, 0.3) is 0 Å². The summed E-state index contributed by atoms with van der Waals surface area (Å²) in [6.07, 6.45) is 1.58. The molecule has 1 saturated heterocycles. The number of hydrogen-bond donors (Lipinski definition) is 2. The zero-order valence-corrected chi connectivity index (χ0v) is 15.6. The van der Waals surface area contributed by atoms with Crippen LogP contribution in [-0.2, 0) is 11.3 Å². The van der Waals surface area contributed by atoms with E-state index in [4.69, 9.17) is 23.8 Å². The van der Waals surface area contributed by atoms with Crippen molar-refractivity contribution in [3.63, 3.8) is 0 Å². The maximum absolute atomic E-state index is 11.8. The highest BCUT2D eigenvalue weighted by Crippen LogP contribution is 2.23. The fourth-order valence-corrected chi connectivity index (χ4v) is 3.16. The number of nitrogens with zero attached hydrogens (tertiary/aromatic N) is 1. The molecule has 0 unspecified atom stereocenters. The molecule has 2 aromatic carbocycles. The van der Waals surface area contributed by atoms with Gasteiger partial charge in [-0.15, -0.1) is 0 Å². The average molecular weight is 374 g/mol. The van der Waals surface area contributed by atoms with Gasteiger partial charge < -0.3 is 15.5 Å². The second-order valence-electron chi connectivity index (χ2n) is 6.04. The highest BCUT2D eigenvalue weighted by atomic mass is 35.5. The van der Waals surface area contributed by atoms with Gasteiger partial charge in [0.05, 0.1) is 0 Å². The van der Waals surface area contributed by atoms with Crippen LogP contribution >= 0.6 is 23.8 Å². The summed E-state index contributed by atoms with van der Waals surface area (Å²) in [4.78, 5) is 13.6. The fraction of sp³-hybridized carbons (Fsp3) is 0.263. The maximum atomic E-state index is 11.8. The van der Waals surface area contributed by atoms with Gasteiger partial charge >= 0.3 is 0 Å². The number of rotatable bonds is 4. The largest absolute Gasteiger partial charge is 0.358 e. The number of nitrogens with one attached hydrogen (secondary N) is 2. The molecule has 25 heavy (non-hydrogen) atoms. The van der Waals surface area contributed by atoms with Crippen LogP contribution in [0.2, 0.25) is 5.02 Å². The summed E-state index contributed by atoms with van der Waals surface area (Å²) in [5, 5.41) is 7.61. The van der Waals surface area contributed by atoms with E-state index in [0.717, 1.165) is 35.5 Å². The Kier molecular flexibility index (Phi) is 5.56. The monoisotopic (exact) mass is 373 g/mol. The summed E-state index contributed by atoms with van der Waals surface area (Å²) < 4.78 is 0. The second-order valence-corrected chi connectivity index (χ2v) is 6.85. The van der Waals surface area contributed by atoms with E-state index >= 15 is 0 Å². The molecule has 1 fully saturated rings. The van der Waals surface area contributed by atoms with E-state index in [0.29, 0.717) is 23.1 Å².